The molecule has 0 atom stereocenters. The van der Waals surface area contributed by atoms with Gasteiger partial charge in [0.15, 0.2) is 11.2 Å². The number of carbonyl (C=O) groups is 1. The van der Waals surface area contributed by atoms with Crippen LogP contribution in [0.2, 0.25) is 0 Å². The van der Waals surface area contributed by atoms with Crippen molar-refractivity contribution >= 4 is 17.1 Å². The van der Waals surface area contributed by atoms with E-state index in [0.29, 0.717) is 36.7 Å². The molecule has 2 aromatic heterocycles. The maximum absolute atomic E-state index is 12.9. The third kappa shape index (κ3) is 6.30. The molecule has 0 N–H and O–H groups in total. The molecule has 0 fully saturated rings. The number of unbranched alkanes of at least 4 members (excludes halogenated alkanes) is 2. The van der Waals surface area contributed by atoms with E-state index in [2.05, 4.69) is 4.98 Å². The van der Waals surface area contributed by atoms with E-state index in [-0.39, 0.29) is 29.7 Å². The molecule has 0 spiro atoms. The molecule has 182 valence electrons. The first-order chi connectivity index (χ1) is 16.3. The molecule has 3 aromatic rings. The number of rotatable bonds is 11. The summed E-state index contributed by atoms with van der Waals surface area (Å²) in [6.07, 6.45) is 2.94. The van der Waals surface area contributed by atoms with Gasteiger partial charge in [0.25, 0.3) is 5.56 Å². The molecule has 0 bridgehead atoms. The molecule has 9 heteroatoms. The van der Waals surface area contributed by atoms with E-state index in [9.17, 15) is 14.4 Å². The van der Waals surface area contributed by atoms with Crippen LogP contribution in [0.4, 0.5) is 0 Å². The fourth-order valence-electron chi connectivity index (χ4n) is 3.64. The molecule has 0 saturated carbocycles. The first-order valence-corrected chi connectivity index (χ1v) is 11.6. The summed E-state index contributed by atoms with van der Waals surface area (Å²) in [5.41, 5.74) is 0.866. The zero-order chi connectivity index (χ0) is 24.7. The lowest BCUT2D eigenvalue weighted by molar-refractivity contribution is -0.141. The Labute approximate surface area is 198 Å². The number of aromatic nitrogens is 4. The Hall–Kier alpha value is -3.49. The number of aryl methyl sites for hydroxylation is 1. The quantitative estimate of drug-likeness (QED) is 0.315. The Kier molecular flexibility index (Phi) is 8.56. The van der Waals surface area contributed by atoms with Crippen LogP contribution in [0.15, 0.2) is 39.9 Å². The van der Waals surface area contributed by atoms with E-state index in [0.717, 1.165) is 23.8 Å². The van der Waals surface area contributed by atoms with E-state index >= 15 is 0 Å². The van der Waals surface area contributed by atoms with Gasteiger partial charge in [-0.2, -0.15) is 0 Å². The smallest absolute Gasteiger partial charge is 0.332 e. The van der Waals surface area contributed by atoms with Crippen LogP contribution in [0.3, 0.4) is 0 Å². The Morgan fingerprint density at radius 3 is 2.44 bits per heavy atom. The molecule has 0 saturated heterocycles. The Balaban J connectivity index is 1.96. The summed E-state index contributed by atoms with van der Waals surface area (Å²) in [5.74, 6) is 0.588. The largest absolute Gasteiger partial charge is 0.487 e. The van der Waals surface area contributed by atoms with Gasteiger partial charge in [-0.05, 0) is 43.7 Å². The standard InChI is InChI=1S/C25H32N4O5/c1-17(2)15-29-23-22(24(31)28(4)25(29)32)26-20(13-9-6-10-14-33-18(3)30)21(27-23)16-34-19-11-7-5-8-12-19/h5,7-8,11-12,17H,6,9-10,13-16H2,1-4H3. The van der Waals surface area contributed by atoms with Crippen LogP contribution in [0, 0.1) is 5.92 Å². The highest BCUT2D eigenvalue weighted by atomic mass is 16.5. The van der Waals surface area contributed by atoms with Crippen LogP contribution in [0.25, 0.3) is 11.2 Å². The van der Waals surface area contributed by atoms with Crippen molar-refractivity contribution in [2.24, 2.45) is 13.0 Å². The molecular formula is C25H32N4O5. The number of fused-ring (bicyclic) bond motifs is 1. The van der Waals surface area contributed by atoms with E-state index < -0.39 is 11.2 Å². The van der Waals surface area contributed by atoms with E-state index in [1.165, 1.54) is 18.5 Å². The second-order valence-electron chi connectivity index (χ2n) is 8.69. The van der Waals surface area contributed by atoms with E-state index in [1.807, 2.05) is 44.2 Å². The van der Waals surface area contributed by atoms with Gasteiger partial charge in [-0.1, -0.05) is 32.0 Å². The highest BCUT2D eigenvalue weighted by Gasteiger charge is 2.18. The van der Waals surface area contributed by atoms with E-state index in [1.54, 1.807) is 0 Å². The minimum Gasteiger partial charge on any atom is -0.487 e. The summed E-state index contributed by atoms with van der Waals surface area (Å²) in [6.45, 7) is 6.36. The molecule has 1 aromatic carbocycles. The normalized spacial score (nSPS) is 11.2. The van der Waals surface area contributed by atoms with Crippen LogP contribution in [0.5, 0.6) is 5.75 Å². The number of carbonyl (C=O) groups excluding carboxylic acids is 1. The van der Waals surface area contributed by atoms with Gasteiger partial charge < -0.3 is 9.47 Å². The second-order valence-corrected chi connectivity index (χ2v) is 8.69. The minimum atomic E-state index is -0.459. The molecule has 0 aliphatic carbocycles. The lowest BCUT2D eigenvalue weighted by Gasteiger charge is -2.16. The van der Waals surface area contributed by atoms with E-state index in [4.69, 9.17) is 14.5 Å². The lowest BCUT2D eigenvalue weighted by atomic mass is 10.1. The molecule has 0 unspecified atom stereocenters. The molecule has 2 heterocycles. The summed E-state index contributed by atoms with van der Waals surface area (Å²) in [4.78, 5) is 46.0. The maximum atomic E-state index is 12.9. The number of esters is 1. The topological polar surface area (TPSA) is 105 Å². The summed E-state index contributed by atoms with van der Waals surface area (Å²) in [7, 11) is 1.46. The monoisotopic (exact) mass is 468 g/mol. The van der Waals surface area contributed by atoms with Gasteiger partial charge in [0, 0.05) is 20.5 Å². The third-order valence-electron chi connectivity index (χ3n) is 5.34. The highest BCUT2D eigenvalue weighted by Crippen LogP contribution is 2.17. The van der Waals surface area contributed by atoms with Gasteiger partial charge in [-0.25, -0.2) is 14.8 Å². The SMILES string of the molecule is CC(=O)OCCCCCc1nc2c(=O)n(C)c(=O)n(CC(C)C)c2nc1COc1ccccc1. The molecule has 0 radical (unpaired) electrons. The average Bonchev–Trinajstić information content (AvgIpc) is 2.81. The average molecular weight is 469 g/mol. The van der Waals surface area contributed by atoms with Gasteiger partial charge in [0.05, 0.1) is 12.3 Å². The van der Waals surface area contributed by atoms with Gasteiger partial charge >= 0.3 is 11.7 Å². The zero-order valence-electron chi connectivity index (χ0n) is 20.2. The van der Waals surface area contributed by atoms with Crippen molar-refractivity contribution in [1.29, 1.82) is 0 Å². The Morgan fingerprint density at radius 2 is 1.76 bits per heavy atom. The fraction of sp³-hybridized carbons (Fsp3) is 0.480. The van der Waals surface area contributed by atoms with Crippen molar-refractivity contribution in [2.75, 3.05) is 6.61 Å². The fourth-order valence-corrected chi connectivity index (χ4v) is 3.64. The molecule has 9 nitrogen and oxygen atoms in total. The maximum Gasteiger partial charge on any atom is 0.332 e. The molecule has 3 rings (SSSR count). The number of benzene rings is 1. The van der Waals surface area contributed by atoms with Crippen molar-refractivity contribution in [3.8, 4) is 5.75 Å². The number of nitrogens with zero attached hydrogens (tertiary/aromatic N) is 4. The summed E-state index contributed by atoms with van der Waals surface area (Å²) < 4.78 is 13.5. The third-order valence-corrected chi connectivity index (χ3v) is 5.34. The van der Waals surface area contributed by atoms with Crippen LogP contribution in [-0.4, -0.2) is 31.7 Å². The van der Waals surface area contributed by atoms with Gasteiger partial charge in [0.1, 0.15) is 18.1 Å². The summed E-state index contributed by atoms with van der Waals surface area (Å²) in [5, 5.41) is 0. The number of para-hydroxylation sites is 1. The van der Waals surface area contributed by atoms with Crippen LogP contribution in [0.1, 0.15) is 51.4 Å². The van der Waals surface area contributed by atoms with Crippen molar-refractivity contribution in [3.63, 3.8) is 0 Å². The van der Waals surface area contributed by atoms with Gasteiger partial charge in [-0.15, -0.1) is 0 Å². The minimum absolute atomic E-state index is 0.167. The molecular weight excluding hydrogens is 436 g/mol. The second kappa shape index (κ2) is 11.6. The van der Waals surface area contributed by atoms with Gasteiger partial charge in [0.2, 0.25) is 0 Å². The Bertz CT molecular complexity index is 1250. The van der Waals surface area contributed by atoms with Crippen LogP contribution >= 0.6 is 0 Å². The summed E-state index contributed by atoms with van der Waals surface area (Å²) in [6, 6.07) is 9.39. The van der Waals surface area contributed by atoms with Crippen molar-refractivity contribution in [3.05, 3.63) is 62.6 Å². The summed E-state index contributed by atoms with van der Waals surface area (Å²) >= 11 is 0. The molecule has 0 aliphatic heterocycles. The van der Waals surface area contributed by atoms with Gasteiger partial charge in [-0.3, -0.25) is 18.7 Å². The predicted octanol–water partition coefficient (Wildman–Crippen LogP) is 3.00. The lowest BCUT2D eigenvalue weighted by Crippen LogP contribution is -2.40. The Morgan fingerprint density at radius 1 is 1.03 bits per heavy atom. The molecule has 34 heavy (non-hydrogen) atoms. The number of ether oxygens (including phenoxy) is 2. The van der Waals surface area contributed by atoms with Crippen molar-refractivity contribution in [1.82, 2.24) is 19.1 Å². The molecule has 0 amide bonds. The molecule has 0 aliphatic rings. The van der Waals surface area contributed by atoms with Crippen LogP contribution < -0.4 is 16.0 Å². The van der Waals surface area contributed by atoms with Crippen LogP contribution in [-0.2, 0) is 36.2 Å². The van der Waals surface area contributed by atoms with Crippen molar-refractivity contribution < 1.29 is 14.3 Å². The first-order valence-electron chi connectivity index (χ1n) is 11.6. The first kappa shape index (κ1) is 25.1. The highest BCUT2D eigenvalue weighted by molar-refractivity contribution is 5.69. The predicted molar refractivity (Wildman–Crippen MR) is 129 cm³/mol. The number of hydrogen-bond donors (Lipinski definition) is 0. The van der Waals surface area contributed by atoms with Crippen molar-refractivity contribution in [2.45, 2.75) is 59.6 Å². The number of hydrogen-bond acceptors (Lipinski definition) is 7. The zero-order valence-corrected chi connectivity index (χ0v) is 20.2.